The molecule has 0 saturated heterocycles. The van der Waals surface area contributed by atoms with E-state index in [4.69, 9.17) is 16.3 Å². The first-order valence-electron chi connectivity index (χ1n) is 9.71. The van der Waals surface area contributed by atoms with Gasteiger partial charge in [-0.05, 0) is 75.0 Å². The lowest BCUT2D eigenvalue weighted by molar-refractivity contribution is -0.196. The van der Waals surface area contributed by atoms with E-state index < -0.39 is 11.0 Å². The first-order chi connectivity index (χ1) is 12.8. The summed E-state index contributed by atoms with van der Waals surface area (Å²) >= 11 is 5.99. The van der Waals surface area contributed by atoms with E-state index in [1.165, 1.54) is 0 Å². The Morgan fingerprint density at radius 2 is 2.00 bits per heavy atom. The molecule has 6 heteroatoms. The lowest BCUT2D eigenvalue weighted by Crippen LogP contribution is -2.58. The van der Waals surface area contributed by atoms with Gasteiger partial charge in [0.2, 0.25) is 0 Å². The maximum absolute atomic E-state index is 12.8. The minimum absolute atomic E-state index is 0.227. The second-order valence-corrected chi connectivity index (χ2v) is 9.32. The fourth-order valence-electron chi connectivity index (χ4n) is 5.88. The number of aliphatic hydroxyl groups is 1. The molecule has 0 radical (unpaired) electrons. The molecule has 0 aromatic heterocycles. The van der Waals surface area contributed by atoms with Gasteiger partial charge >= 0.3 is 5.97 Å². The monoisotopic (exact) mass is 391 g/mol. The number of esters is 1. The average Bonchev–Trinajstić information content (AvgIpc) is 2.57. The molecule has 0 heterocycles. The molecule has 5 atom stereocenters. The predicted octanol–water partition coefficient (Wildman–Crippen LogP) is 3.39. The second-order valence-electron chi connectivity index (χ2n) is 8.89. The molecule has 4 bridgehead atoms. The third-order valence-corrected chi connectivity index (χ3v) is 6.76. The Bertz CT molecular complexity index is 750. The lowest BCUT2D eigenvalue weighted by Gasteiger charge is -2.58. The summed E-state index contributed by atoms with van der Waals surface area (Å²) < 4.78 is 5.41. The first kappa shape index (κ1) is 18.8. The predicted molar refractivity (Wildman–Crippen MR) is 101 cm³/mol. The van der Waals surface area contributed by atoms with Crippen molar-refractivity contribution >= 4 is 23.5 Å². The summed E-state index contributed by atoms with van der Waals surface area (Å²) in [6.45, 7) is 1.57. The van der Waals surface area contributed by atoms with E-state index in [0.29, 0.717) is 23.3 Å². The topological polar surface area (TPSA) is 75.6 Å². The molecule has 4 fully saturated rings. The van der Waals surface area contributed by atoms with Gasteiger partial charge in [0.25, 0.3) is 5.91 Å². The second kappa shape index (κ2) is 6.78. The summed E-state index contributed by atoms with van der Waals surface area (Å²) in [7, 11) is 0. The summed E-state index contributed by atoms with van der Waals surface area (Å²) in [5, 5.41) is 14.2. The van der Waals surface area contributed by atoms with Gasteiger partial charge in [0.1, 0.15) is 0 Å². The van der Waals surface area contributed by atoms with Crippen LogP contribution in [0.4, 0.5) is 0 Å². The van der Waals surface area contributed by atoms with Crippen molar-refractivity contribution in [2.24, 2.45) is 17.3 Å². The summed E-state index contributed by atoms with van der Waals surface area (Å²) in [6, 6.07) is 7.07. The molecule has 4 aliphatic rings. The van der Waals surface area contributed by atoms with Crippen LogP contribution >= 0.6 is 11.6 Å². The summed E-state index contributed by atoms with van der Waals surface area (Å²) in [5.74, 6) is 0.154. The first-order valence-corrected chi connectivity index (χ1v) is 10.1. The molecule has 2 N–H and O–H groups in total. The number of ether oxygens (including phenoxy) is 1. The van der Waals surface area contributed by atoms with E-state index in [9.17, 15) is 14.7 Å². The molecule has 1 aromatic carbocycles. The van der Waals surface area contributed by atoms with Crippen LogP contribution in [-0.4, -0.2) is 29.2 Å². The molecule has 0 aliphatic heterocycles. The van der Waals surface area contributed by atoms with E-state index >= 15 is 0 Å². The number of carbonyl (C=O) groups excluding carboxylic acids is 2. The fourth-order valence-corrected chi connectivity index (χ4v) is 6.08. The van der Waals surface area contributed by atoms with Gasteiger partial charge < -0.3 is 15.2 Å². The number of hydrogen-bond donors (Lipinski definition) is 2. The van der Waals surface area contributed by atoms with Gasteiger partial charge in [-0.1, -0.05) is 23.7 Å². The van der Waals surface area contributed by atoms with Gasteiger partial charge in [0.05, 0.1) is 17.1 Å². The number of hydrogen-bond acceptors (Lipinski definition) is 4. The van der Waals surface area contributed by atoms with Crippen LogP contribution in [0.3, 0.4) is 0 Å². The van der Waals surface area contributed by atoms with E-state index in [2.05, 4.69) is 5.32 Å². The van der Waals surface area contributed by atoms with Crippen molar-refractivity contribution in [1.29, 1.82) is 0 Å². The zero-order valence-corrected chi connectivity index (χ0v) is 16.3. The molecular formula is C21H26ClNO4. The Balaban J connectivity index is 1.33. The third kappa shape index (κ3) is 3.72. The highest BCUT2D eigenvalue weighted by Gasteiger charge is 2.60. The molecule has 1 amide bonds. The van der Waals surface area contributed by atoms with Crippen LogP contribution in [0.1, 0.15) is 57.1 Å². The molecule has 0 spiro atoms. The zero-order valence-electron chi connectivity index (χ0n) is 15.5. The van der Waals surface area contributed by atoms with Gasteiger partial charge in [-0.3, -0.25) is 9.59 Å². The Hall–Kier alpha value is -1.59. The highest BCUT2D eigenvalue weighted by atomic mass is 35.5. The van der Waals surface area contributed by atoms with Crippen LogP contribution in [0.15, 0.2) is 24.3 Å². The molecule has 27 heavy (non-hydrogen) atoms. The zero-order chi connectivity index (χ0) is 19.2. The van der Waals surface area contributed by atoms with Gasteiger partial charge in [0, 0.05) is 5.02 Å². The Kier molecular flexibility index (Phi) is 4.71. The quantitative estimate of drug-likeness (QED) is 0.754. The highest BCUT2D eigenvalue weighted by Crippen LogP contribution is 2.61. The molecule has 4 saturated carbocycles. The molecular weight excluding hydrogens is 366 g/mol. The van der Waals surface area contributed by atoms with Crippen LogP contribution in [0, 0.1) is 17.3 Å². The van der Waals surface area contributed by atoms with Crippen molar-refractivity contribution in [2.75, 3.05) is 6.61 Å². The van der Waals surface area contributed by atoms with Crippen molar-refractivity contribution in [2.45, 2.75) is 57.1 Å². The van der Waals surface area contributed by atoms with E-state index in [1.807, 2.05) is 19.1 Å². The summed E-state index contributed by atoms with van der Waals surface area (Å²) in [6.07, 6.45) is 4.75. The Morgan fingerprint density at radius 3 is 2.63 bits per heavy atom. The SMILES string of the molecule is C[C@@H](NC(=O)COC(=O)C12C[C@@H]3C[C@@H](CC(O)(C3)C1)C2)c1cccc(Cl)c1. The Morgan fingerprint density at radius 1 is 1.30 bits per heavy atom. The van der Waals surface area contributed by atoms with Gasteiger partial charge in [0.15, 0.2) is 6.61 Å². The molecule has 146 valence electrons. The number of nitrogens with one attached hydrogen (secondary N) is 1. The van der Waals surface area contributed by atoms with E-state index in [0.717, 1.165) is 37.7 Å². The number of carbonyl (C=O) groups is 2. The summed E-state index contributed by atoms with van der Waals surface area (Å²) in [5.41, 5.74) is -0.421. The van der Waals surface area contributed by atoms with Crippen molar-refractivity contribution in [3.63, 3.8) is 0 Å². The van der Waals surface area contributed by atoms with Gasteiger partial charge in [-0.25, -0.2) is 0 Å². The minimum Gasteiger partial charge on any atom is -0.455 e. The molecule has 4 aliphatic carbocycles. The van der Waals surface area contributed by atoms with Gasteiger partial charge in [-0.15, -0.1) is 0 Å². The maximum atomic E-state index is 12.8. The molecule has 2 unspecified atom stereocenters. The molecule has 5 rings (SSSR count). The minimum atomic E-state index is -0.716. The number of halogens is 1. The van der Waals surface area contributed by atoms with Crippen LogP contribution in [0.5, 0.6) is 0 Å². The number of amides is 1. The fraction of sp³-hybridized carbons (Fsp3) is 0.619. The van der Waals surface area contributed by atoms with E-state index in [1.54, 1.807) is 12.1 Å². The normalized spacial score (nSPS) is 34.9. The van der Waals surface area contributed by atoms with E-state index in [-0.39, 0.29) is 24.5 Å². The largest absolute Gasteiger partial charge is 0.455 e. The van der Waals surface area contributed by atoms with Crippen molar-refractivity contribution in [3.05, 3.63) is 34.9 Å². The van der Waals surface area contributed by atoms with Crippen molar-refractivity contribution in [3.8, 4) is 0 Å². The van der Waals surface area contributed by atoms with Crippen molar-refractivity contribution in [1.82, 2.24) is 5.32 Å². The van der Waals surface area contributed by atoms with Crippen LogP contribution < -0.4 is 5.32 Å². The lowest BCUT2D eigenvalue weighted by atomic mass is 9.48. The average molecular weight is 392 g/mol. The Labute approximate surface area is 164 Å². The smallest absolute Gasteiger partial charge is 0.312 e. The maximum Gasteiger partial charge on any atom is 0.312 e. The standard InChI is InChI=1S/C21H26ClNO4/c1-13(16-3-2-4-17(22)6-16)23-18(24)11-27-19(25)20-7-14-5-15(8-20)10-21(26,9-14)12-20/h2-4,6,13-15,26H,5,7-12H2,1H3,(H,23,24)/t13-,14-,15+,20?,21?/m1/s1. The highest BCUT2D eigenvalue weighted by molar-refractivity contribution is 6.30. The van der Waals surface area contributed by atoms with Crippen molar-refractivity contribution < 1.29 is 19.4 Å². The van der Waals surface area contributed by atoms with Crippen LogP contribution in [0.2, 0.25) is 5.02 Å². The number of benzene rings is 1. The number of rotatable bonds is 5. The molecule has 5 nitrogen and oxygen atoms in total. The van der Waals surface area contributed by atoms with Crippen LogP contribution in [0.25, 0.3) is 0 Å². The van der Waals surface area contributed by atoms with Gasteiger partial charge in [-0.2, -0.15) is 0 Å². The summed E-state index contributed by atoms with van der Waals surface area (Å²) in [4.78, 5) is 25.0. The third-order valence-electron chi connectivity index (χ3n) is 6.52. The van der Waals surface area contributed by atoms with Crippen LogP contribution in [-0.2, 0) is 14.3 Å². The molecule has 1 aromatic rings.